The van der Waals surface area contributed by atoms with Gasteiger partial charge in [-0.2, -0.15) is 0 Å². The number of nitrogens with zero attached hydrogens (tertiary/aromatic N) is 1. The largest absolute Gasteiger partial charge is 0.352 e. The van der Waals surface area contributed by atoms with Crippen molar-refractivity contribution < 1.29 is 9.18 Å². The SMILES string of the molecule is CCC1(F)CCC(CNC(=O)c2c(Cl)ccc3nc(CC4=CCCC4)ccc23)CC1. The number of rotatable bonds is 6. The van der Waals surface area contributed by atoms with Gasteiger partial charge in [-0.25, -0.2) is 4.39 Å². The highest BCUT2D eigenvalue weighted by Gasteiger charge is 2.33. The predicted molar refractivity (Wildman–Crippen MR) is 121 cm³/mol. The van der Waals surface area contributed by atoms with Crippen LogP contribution in [-0.2, 0) is 6.42 Å². The molecule has 1 amide bonds. The van der Waals surface area contributed by atoms with Crippen molar-refractivity contribution in [1.82, 2.24) is 10.3 Å². The van der Waals surface area contributed by atoms with E-state index in [9.17, 15) is 9.18 Å². The molecule has 1 aromatic heterocycles. The summed E-state index contributed by atoms with van der Waals surface area (Å²) in [6, 6.07) is 7.60. The van der Waals surface area contributed by atoms with Crippen LogP contribution in [0.1, 0.15) is 74.3 Å². The number of benzene rings is 1. The van der Waals surface area contributed by atoms with Crippen molar-refractivity contribution in [2.24, 2.45) is 5.92 Å². The van der Waals surface area contributed by atoms with Gasteiger partial charge in [-0.05, 0) is 75.5 Å². The van der Waals surface area contributed by atoms with Crippen molar-refractivity contribution in [3.63, 3.8) is 0 Å². The average molecular weight is 429 g/mol. The molecule has 0 radical (unpaired) electrons. The van der Waals surface area contributed by atoms with E-state index in [1.54, 1.807) is 6.07 Å². The van der Waals surface area contributed by atoms with Gasteiger partial charge in [-0.1, -0.05) is 36.2 Å². The molecule has 0 unspecified atom stereocenters. The van der Waals surface area contributed by atoms with E-state index in [0.717, 1.165) is 48.7 Å². The van der Waals surface area contributed by atoms with Crippen LogP contribution in [0.3, 0.4) is 0 Å². The number of hydrogen-bond donors (Lipinski definition) is 1. The highest BCUT2D eigenvalue weighted by Crippen LogP contribution is 2.37. The van der Waals surface area contributed by atoms with Gasteiger partial charge in [0.15, 0.2) is 0 Å². The molecule has 2 aliphatic carbocycles. The van der Waals surface area contributed by atoms with Crippen molar-refractivity contribution >= 4 is 28.4 Å². The predicted octanol–water partition coefficient (Wildman–Crippen LogP) is 6.58. The quantitative estimate of drug-likeness (QED) is 0.528. The molecular weight excluding hydrogens is 399 g/mol. The standard InChI is InChI=1S/C25H30ClFN2O/c1-2-25(27)13-11-18(12-14-25)16-28-24(30)23-20-8-7-19(15-17-5-3-4-6-17)29-22(20)10-9-21(23)26/h5,7-10,18H,2-4,6,11-16H2,1H3,(H,28,30). The Balaban J connectivity index is 1.46. The van der Waals surface area contributed by atoms with E-state index in [4.69, 9.17) is 16.6 Å². The maximum atomic E-state index is 14.4. The van der Waals surface area contributed by atoms with Crippen molar-refractivity contribution in [2.75, 3.05) is 6.54 Å². The van der Waals surface area contributed by atoms with E-state index in [2.05, 4.69) is 11.4 Å². The molecule has 2 aromatic rings. The van der Waals surface area contributed by atoms with E-state index < -0.39 is 5.67 Å². The lowest BCUT2D eigenvalue weighted by molar-refractivity contribution is 0.0765. The molecule has 0 saturated heterocycles. The Bertz CT molecular complexity index is 963. The first kappa shape index (κ1) is 21.3. The Kier molecular flexibility index (Phi) is 6.43. The van der Waals surface area contributed by atoms with Crippen molar-refractivity contribution in [1.29, 1.82) is 0 Å². The molecule has 3 nitrogen and oxygen atoms in total. The minimum Gasteiger partial charge on any atom is -0.352 e. The van der Waals surface area contributed by atoms with Gasteiger partial charge in [0, 0.05) is 24.0 Å². The van der Waals surface area contributed by atoms with Crippen LogP contribution >= 0.6 is 11.6 Å². The third-order valence-electron chi connectivity index (χ3n) is 6.83. The van der Waals surface area contributed by atoms with Gasteiger partial charge in [-0.3, -0.25) is 9.78 Å². The zero-order valence-corrected chi connectivity index (χ0v) is 18.4. The summed E-state index contributed by atoms with van der Waals surface area (Å²) in [4.78, 5) is 17.7. The number of carbonyl (C=O) groups is 1. The summed E-state index contributed by atoms with van der Waals surface area (Å²) < 4.78 is 14.4. The minimum absolute atomic E-state index is 0.175. The normalized spacial score (nSPS) is 24.1. The number of allylic oxidation sites excluding steroid dienone is 2. The molecule has 0 bridgehead atoms. The monoisotopic (exact) mass is 428 g/mol. The zero-order chi connectivity index (χ0) is 21.1. The number of aromatic nitrogens is 1. The number of fused-ring (bicyclic) bond motifs is 1. The Morgan fingerprint density at radius 3 is 2.77 bits per heavy atom. The topological polar surface area (TPSA) is 42.0 Å². The molecule has 1 saturated carbocycles. The third kappa shape index (κ3) is 4.69. The molecule has 0 spiro atoms. The van der Waals surface area contributed by atoms with Crippen LogP contribution in [0.2, 0.25) is 5.02 Å². The van der Waals surface area contributed by atoms with Gasteiger partial charge >= 0.3 is 0 Å². The smallest absolute Gasteiger partial charge is 0.253 e. The van der Waals surface area contributed by atoms with Crippen molar-refractivity contribution in [3.05, 3.63) is 52.2 Å². The number of alkyl halides is 1. The van der Waals surface area contributed by atoms with Gasteiger partial charge < -0.3 is 5.32 Å². The summed E-state index contributed by atoms with van der Waals surface area (Å²) in [6.45, 7) is 2.47. The number of pyridine rings is 1. The average Bonchev–Trinajstić information content (AvgIpc) is 3.26. The fourth-order valence-electron chi connectivity index (χ4n) is 4.76. The van der Waals surface area contributed by atoms with Crippen LogP contribution in [0.5, 0.6) is 0 Å². The molecule has 0 aliphatic heterocycles. The van der Waals surface area contributed by atoms with Crippen molar-refractivity contribution in [2.45, 2.75) is 70.4 Å². The zero-order valence-electron chi connectivity index (χ0n) is 17.6. The fraction of sp³-hybridized carbons (Fsp3) is 0.520. The van der Waals surface area contributed by atoms with Gasteiger partial charge in [0.05, 0.1) is 16.1 Å². The maximum Gasteiger partial charge on any atom is 0.253 e. The van der Waals surface area contributed by atoms with E-state index >= 15 is 0 Å². The summed E-state index contributed by atoms with van der Waals surface area (Å²) in [5.41, 5.74) is 2.73. The number of nitrogens with one attached hydrogen (secondary N) is 1. The second kappa shape index (κ2) is 9.05. The van der Waals surface area contributed by atoms with Crippen LogP contribution in [0.15, 0.2) is 35.9 Å². The van der Waals surface area contributed by atoms with Gasteiger partial charge in [0.2, 0.25) is 0 Å². The Labute approximate surface area is 183 Å². The summed E-state index contributed by atoms with van der Waals surface area (Å²) >= 11 is 6.41. The molecule has 1 fully saturated rings. The summed E-state index contributed by atoms with van der Waals surface area (Å²) in [7, 11) is 0. The van der Waals surface area contributed by atoms with E-state index in [1.807, 2.05) is 25.1 Å². The fourth-order valence-corrected chi connectivity index (χ4v) is 5.01. The maximum absolute atomic E-state index is 14.4. The Morgan fingerprint density at radius 2 is 2.07 bits per heavy atom. The molecule has 160 valence electrons. The lowest BCUT2D eigenvalue weighted by atomic mass is 9.78. The molecule has 5 heteroatoms. The summed E-state index contributed by atoms with van der Waals surface area (Å²) in [5, 5.41) is 4.25. The molecule has 2 aliphatic rings. The van der Waals surface area contributed by atoms with Crippen molar-refractivity contribution in [3.8, 4) is 0 Å². The minimum atomic E-state index is -1.02. The first-order valence-electron chi connectivity index (χ1n) is 11.2. The molecule has 0 atom stereocenters. The first-order valence-corrected chi connectivity index (χ1v) is 11.6. The highest BCUT2D eigenvalue weighted by atomic mass is 35.5. The molecule has 30 heavy (non-hydrogen) atoms. The molecule has 1 N–H and O–H groups in total. The second-order valence-electron chi connectivity index (χ2n) is 8.88. The Morgan fingerprint density at radius 1 is 1.27 bits per heavy atom. The molecule has 1 aromatic carbocycles. The van der Waals surface area contributed by atoms with Gasteiger partial charge in [0.25, 0.3) is 5.91 Å². The van der Waals surface area contributed by atoms with E-state index in [0.29, 0.717) is 42.3 Å². The molecule has 4 rings (SSSR count). The number of amides is 1. The van der Waals surface area contributed by atoms with Gasteiger partial charge in [0.1, 0.15) is 5.67 Å². The first-order chi connectivity index (χ1) is 14.5. The number of halogens is 2. The third-order valence-corrected chi connectivity index (χ3v) is 7.15. The molecular formula is C25H30ClFN2O. The van der Waals surface area contributed by atoms with Gasteiger partial charge in [-0.15, -0.1) is 0 Å². The molecule has 1 heterocycles. The number of carbonyl (C=O) groups excluding carboxylic acids is 1. The van der Waals surface area contributed by atoms with Crippen LogP contribution < -0.4 is 5.32 Å². The lowest BCUT2D eigenvalue weighted by Crippen LogP contribution is -2.35. The van der Waals surface area contributed by atoms with Crippen LogP contribution in [0, 0.1) is 5.92 Å². The summed E-state index contributed by atoms with van der Waals surface area (Å²) in [6.07, 6.45) is 10.1. The highest BCUT2D eigenvalue weighted by molar-refractivity contribution is 6.35. The Hall–Kier alpha value is -1.94. The van der Waals surface area contributed by atoms with Crippen LogP contribution in [-0.4, -0.2) is 23.1 Å². The summed E-state index contributed by atoms with van der Waals surface area (Å²) in [5.74, 6) is 0.147. The van der Waals surface area contributed by atoms with E-state index in [1.165, 1.54) is 12.0 Å². The number of hydrogen-bond acceptors (Lipinski definition) is 2. The van der Waals surface area contributed by atoms with E-state index in [-0.39, 0.29) is 5.91 Å². The second-order valence-corrected chi connectivity index (χ2v) is 9.29. The van der Waals surface area contributed by atoms with Crippen LogP contribution in [0.4, 0.5) is 4.39 Å². The van der Waals surface area contributed by atoms with Crippen LogP contribution in [0.25, 0.3) is 10.9 Å². The lowest BCUT2D eigenvalue weighted by Gasteiger charge is -2.33.